The fraction of sp³-hybridized carbons (Fsp3) is 0.750. The lowest BCUT2D eigenvalue weighted by molar-refractivity contribution is 0.0661. The molecule has 0 radical (unpaired) electrons. The first-order valence-electron chi connectivity index (χ1n) is 6.77. The third-order valence-electron chi connectivity index (χ3n) is 3.52. The first-order chi connectivity index (χ1) is 9.20. The molecule has 0 spiro atoms. The van der Waals surface area contributed by atoms with Crippen LogP contribution in [0.5, 0.6) is 0 Å². The van der Waals surface area contributed by atoms with Gasteiger partial charge in [0.2, 0.25) is 0 Å². The first kappa shape index (κ1) is 14.0. The van der Waals surface area contributed by atoms with Crippen LogP contribution in [0.2, 0.25) is 0 Å². The number of nitrogens with zero attached hydrogens (tertiary/aromatic N) is 3. The summed E-state index contributed by atoms with van der Waals surface area (Å²) in [7, 11) is 0. The summed E-state index contributed by atoms with van der Waals surface area (Å²) >= 11 is 0. The van der Waals surface area contributed by atoms with Gasteiger partial charge in [-0.05, 0) is 12.8 Å². The van der Waals surface area contributed by atoms with Crippen LogP contribution in [0.3, 0.4) is 0 Å². The third-order valence-corrected chi connectivity index (χ3v) is 3.52. The van der Waals surface area contributed by atoms with Crippen molar-refractivity contribution in [2.24, 2.45) is 11.7 Å². The molecule has 0 bridgehead atoms. The molecule has 1 saturated carbocycles. The normalized spacial score (nSPS) is 23.3. The molecular weight excluding hydrogens is 246 g/mol. The fourth-order valence-electron chi connectivity index (χ4n) is 2.38. The molecule has 106 valence electrons. The first-order valence-corrected chi connectivity index (χ1v) is 6.77. The largest absolute Gasteiger partial charge is 0.393 e. The van der Waals surface area contributed by atoms with Crippen molar-refractivity contribution in [1.82, 2.24) is 20.3 Å². The van der Waals surface area contributed by atoms with Crippen LogP contribution in [0.25, 0.3) is 0 Å². The minimum Gasteiger partial charge on any atom is -0.393 e. The van der Waals surface area contributed by atoms with Crippen molar-refractivity contribution in [3.8, 4) is 0 Å². The van der Waals surface area contributed by atoms with Gasteiger partial charge >= 0.3 is 0 Å². The Labute approximate surface area is 112 Å². The molecule has 7 nitrogen and oxygen atoms in total. The topological polar surface area (TPSA) is 106 Å². The van der Waals surface area contributed by atoms with E-state index in [0.29, 0.717) is 25.3 Å². The Kier molecular flexibility index (Phi) is 4.86. The van der Waals surface area contributed by atoms with Crippen LogP contribution in [0.15, 0.2) is 6.20 Å². The van der Waals surface area contributed by atoms with Crippen molar-refractivity contribution in [2.45, 2.75) is 38.3 Å². The Bertz CT molecular complexity index is 420. The summed E-state index contributed by atoms with van der Waals surface area (Å²) in [5.74, 6) is -0.0992. The maximum absolute atomic E-state index is 11.9. The summed E-state index contributed by atoms with van der Waals surface area (Å²) in [4.78, 5) is 11.9. The van der Waals surface area contributed by atoms with Crippen molar-refractivity contribution in [2.75, 3.05) is 13.1 Å². The van der Waals surface area contributed by atoms with Crippen molar-refractivity contribution >= 4 is 5.91 Å². The maximum Gasteiger partial charge on any atom is 0.273 e. The van der Waals surface area contributed by atoms with Gasteiger partial charge in [-0.2, -0.15) is 0 Å². The van der Waals surface area contributed by atoms with Gasteiger partial charge < -0.3 is 16.2 Å². The number of hydrogen-bond acceptors (Lipinski definition) is 5. The van der Waals surface area contributed by atoms with E-state index in [1.54, 1.807) is 10.9 Å². The molecule has 0 saturated heterocycles. The van der Waals surface area contributed by atoms with Crippen LogP contribution in [-0.2, 0) is 6.54 Å². The monoisotopic (exact) mass is 267 g/mol. The zero-order valence-electron chi connectivity index (χ0n) is 11.0. The average Bonchev–Trinajstić information content (AvgIpc) is 2.87. The molecule has 1 amide bonds. The summed E-state index contributed by atoms with van der Waals surface area (Å²) in [6.45, 7) is 1.49. The molecule has 2 rings (SSSR count). The van der Waals surface area contributed by atoms with Crippen molar-refractivity contribution in [3.05, 3.63) is 11.9 Å². The Hall–Kier alpha value is -1.47. The lowest BCUT2D eigenvalue weighted by atomic mass is 9.86. The Morgan fingerprint density at radius 2 is 2.32 bits per heavy atom. The quantitative estimate of drug-likeness (QED) is 0.668. The van der Waals surface area contributed by atoms with E-state index in [4.69, 9.17) is 5.73 Å². The highest BCUT2D eigenvalue weighted by Crippen LogP contribution is 2.23. The lowest BCUT2D eigenvalue weighted by Gasteiger charge is -2.27. The fourth-order valence-corrected chi connectivity index (χ4v) is 2.38. The number of nitrogens with two attached hydrogens (primary N) is 1. The smallest absolute Gasteiger partial charge is 0.273 e. The van der Waals surface area contributed by atoms with Gasteiger partial charge in [0, 0.05) is 19.0 Å². The summed E-state index contributed by atoms with van der Waals surface area (Å²) in [5.41, 5.74) is 5.69. The summed E-state index contributed by atoms with van der Waals surface area (Å²) in [6.07, 6.45) is 5.25. The van der Waals surface area contributed by atoms with Gasteiger partial charge in [0.25, 0.3) is 5.91 Å². The average molecular weight is 267 g/mol. The van der Waals surface area contributed by atoms with Gasteiger partial charge in [-0.25, -0.2) is 0 Å². The summed E-state index contributed by atoms with van der Waals surface area (Å²) < 4.78 is 1.55. The number of carbonyl (C=O) groups is 1. The lowest BCUT2D eigenvalue weighted by Crippen LogP contribution is -2.36. The third kappa shape index (κ3) is 3.74. The van der Waals surface area contributed by atoms with Crippen molar-refractivity contribution in [3.63, 3.8) is 0 Å². The molecule has 0 aliphatic heterocycles. The van der Waals surface area contributed by atoms with Crippen molar-refractivity contribution < 1.29 is 9.90 Å². The Balaban J connectivity index is 1.82. The zero-order chi connectivity index (χ0) is 13.7. The molecule has 1 fully saturated rings. The second kappa shape index (κ2) is 6.63. The SMILES string of the molecule is NCCn1cc(C(=O)NCC2CCCCC2O)nn1. The van der Waals surface area contributed by atoms with Crippen molar-refractivity contribution in [1.29, 1.82) is 0 Å². The minimum absolute atomic E-state index is 0.150. The van der Waals surface area contributed by atoms with E-state index in [9.17, 15) is 9.90 Å². The molecule has 1 aliphatic rings. The van der Waals surface area contributed by atoms with Crippen LogP contribution in [-0.4, -0.2) is 45.2 Å². The van der Waals surface area contributed by atoms with Crippen LogP contribution < -0.4 is 11.1 Å². The van der Waals surface area contributed by atoms with Gasteiger partial charge in [0.05, 0.1) is 18.8 Å². The molecule has 2 unspecified atom stereocenters. The number of aliphatic hydroxyl groups excluding tert-OH is 1. The molecule has 7 heteroatoms. The van der Waals surface area contributed by atoms with E-state index in [0.717, 1.165) is 25.7 Å². The molecule has 0 aromatic carbocycles. The van der Waals surface area contributed by atoms with Crippen LogP contribution >= 0.6 is 0 Å². The highest BCUT2D eigenvalue weighted by Gasteiger charge is 2.23. The molecular formula is C12H21N5O2. The van der Waals surface area contributed by atoms with E-state index in [1.165, 1.54) is 0 Å². The van der Waals surface area contributed by atoms with E-state index < -0.39 is 0 Å². The summed E-state index contributed by atoms with van der Waals surface area (Å²) in [5, 5.41) is 20.3. The second-order valence-corrected chi connectivity index (χ2v) is 4.98. The van der Waals surface area contributed by atoms with Crippen LogP contribution in [0, 0.1) is 5.92 Å². The van der Waals surface area contributed by atoms with Gasteiger partial charge in [0.1, 0.15) is 0 Å². The van der Waals surface area contributed by atoms with E-state index in [1.807, 2.05) is 0 Å². The number of hydrogen-bond donors (Lipinski definition) is 3. The number of rotatable bonds is 5. The standard InChI is InChI=1S/C12H21N5O2/c13-5-6-17-8-10(15-16-17)12(19)14-7-9-3-1-2-4-11(9)18/h8-9,11,18H,1-7,13H2,(H,14,19). The maximum atomic E-state index is 11.9. The van der Waals surface area contributed by atoms with Gasteiger partial charge in [-0.1, -0.05) is 18.1 Å². The summed E-state index contributed by atoms with van der Waals surface area (Å²) in [6, 6.07) is 0. The molecule has 2 atom stereocenters. The highest BCUT2D eigenvalue weighted by molar-refractivity contribution is 5.91. The number of aromatic nitrogens is 3. The Morgan fingerprint density at radius 3 is 3.05 bits per heavy atom. The zero-order valence-corrected chi connectivity index (χ0v) is 11.0. The predicted octanol–water partition coefficient (Wildman–Crippen LogP) is -0.482. The Morgan fingerprint density at radius 1 is 1.53 bits per heavy atom. The molecule has 1 aromatic rings. The van der Waals surface area contributed by atoms with Gasteiger partial charge in [-0.3, -0.25) is 9.48 Å². The molecule has 19 heavy (non-hydrogen) atoms. The minimum atomic E-state index is -0.304. The van der Waals surface area contributed by atoms with E-state index in [2.05, 4.69) is 15.6 Å². The number of nitrogens with one attached hydrogen (secondary N) is 1. The van der Waals surface area contributed by atoms with Gasteiger partial charge in [0.15, 0.2) is 5.69 Å². The number of amides is 1. The number of aliphatic hydroxyl groups is 1. The molecule has 4 N–H and O–H groups in total. The van der Waals surface area contributed by atoms with Gasteiger partial charge in [-0.15, -0.1) is 5.10 Å². The van der Waals surface area contributed by atoms with Crippen LogP contribution in [0.4, 0.5) is 0 Å². The van der Waals surface area contributed by atoms with Crippen LogP contribution in [0.1, 0.15) is 36.2 Å². The molecule has 1 heterocycles. The molecule has 1 aliphatic carbocycles. The predicted molar refractivity (Wildman–Crippen MR) is 69.4 cm³/mol. The van der Waals surface area contributed by atoms with E-state index >= 15 is 0 Å². The number of carbonyl (C=O) groups excluding carboxylic acids is 1. The van der Waals surface area contributed by atoms with E-state index in [-0.39, 0.29) is 17.9 Å². The molecule has 1 aromatic heterocycles. The highest BCUT2D eigenvalue weighted by atomic mass is 16.3. The second-order valence-electron chi connectivity index (χ2n) is 4.98.